The Morgan fingerprint density at radius 1 is 0.655 bits per heavy atom. The van der Waals surface area contributed by atoms with Crippen LogP contribution in [0.3, 0.4) is 0 Å². The minimum Gasteiger partial charge on any atom is -0.439 e. The zero-order valence-electron chi connectivity index (χ0n) is 29.8. The van der Waals surface area contributed by atoms with Gasteiger partial charge < -0.3 is 25.9 Å². The molecule has 0 radical (unpaired) electrons. The SMILES string of the molecule is NC(=O)N/N=C/c1ccc(Oc2ccc(Cl)cn2)cc1.NNC(N)=O.O=Cc1ccc(F)cc1.O=Cc1ccc(Oc2ccc(Cl)cn2)cc1.O=c1ccc(Cl)c[nH]1. The summed E-state index contributed by atoms with van der Waals surface area (Å²) in [6.07, 6.45) is 7.40. The molecule has 0 aliphatic rings. The summed E-state index contributed by atoms with van der Waals surface area (Å²) < 4.78 is 23.1. The second-order valence-corrected chi connectivity index (χ2v) is 11.7. The van der Waals surface area contributed by atoms with Crippen molar-refractivity contribution in [3.63, 3.8) is 0 Å². The van der Waals surface area contributed by atoms with E-state index in [0.29, 0.717) is 55.7 Å². The fourth-order valence-corrected chi connectivity index (χ4v) is 3.77. The molecule has 58 heavy (non-hydrogen) atoms. The molecule has 3 aromatic heterocycles. The highest BCUT2D eigenvalue weighted by Gasteiger charge is 2.00. The van der Waals surface area contributed by atoms with Gasteiger partial charge in [-0.2, -0.15) is 5.10 Å². The van der Waals surface area contributed by atoms with E-state index >= 15 is 0 Å². The van der Waals surface area contributed by atoms with Crippen LogP contribution in [0.2, 0.25) is 15.1 Å². The second-order valence-electron chi connectivity index (χ2n) is 10.4. The molecule has 9 N–H and O–H groups in total. The Hall–Kier alpha value is -7.18. The van der Waals surface area contributed by atoms with Crippen LogP contribution in [0.4, 0.5) is 14.0 Å². The molecular formula is C38H33Cl3FN9O7. The van der Waals surface area contributed by atoms with E-state index < -0.39 is 12.1 Å². The van der Waals surface area contributed by atoms with E-state index in [0.717, 1.165) is 11.8 Å². The van der Waals surface area contributed by atoms with Gasteiger partial charge in [-0.15, -0.1) is 0 Å². The van der Waals surface area contributed by atoms with Crippen molar-refractivity contribution in [3.8, 4) is 23.3 Å². The van der Waals surface area contributed by atoms with E-state index in [9.17, 15) is 28.4 Å². The first kappa shape index (κ1) is 47.0. The molecule has 6 rings (SSSR count). The molecule has 16 nitrogen and oxygen atoms in total. The molecule has 3 heterocycles. The number of nitrogens with zero attached hydrogens (tertiary/aromatic N) is 3. The zero-order valence-corrected chi connectivity index (χ0v) is 32.1. The number of carbonyl (C=O) groups excluding carboxylic acids is 4. The Morgan fingerprint density at radius 3 is 1.43 bits per heavy atom. The molecule has 0 spiro atoms. The molecule has 0 saturated carbocycles. The van der Waals surface area contributed by atoms with Crippen molar-refractivity contribution in [3.05, 3.63) is 176 Å². The number of amides is 4. The first-order valence-corrected chi connectivity index (χ1v) is 17.1. The van der Waals surface area contributed by atoms with Crippen molar-refractivity contribution < 1.29 is 33.0 Å². The van der Waals surface area contributed by atoms with E-state index in [4.69, 9.17) is 50.0 Å². The predicted molar refractivity (Wildman–Crippen MR) is 218 cm³/mol. The van der Waals surface area contributed by atoms with Crippen LogP contribution >= 0.6 is 34.8 Å². The number of H-pyrrole nitrogens is 1. The van der Waals surface area contributed by atoms with E-state index in [1.165, 1.54) is 55.1 Å². The summed E-state index contributed by atoms with van der Waals surface area (Å²) in [4.78, 5) is 61.0. The van der Waals surface area contributed by atoms with Crippen LogP contribution in [0.5, 0.6) is 23.3 Å². The van der Waals surface area contributed by atoms with Gasteiger partial charge in [0.25, 0.3) is 0 Å². The molecule has 300 valence electrons. The molecule has 20 heteroatoms. The Bertz CT molecular complexity index is 2230. The number of benzene rings is 3. The van der Waals surface area contributed by atoms with Crippen molar-refractivity contribution in [2.24, 2.45) is 22.4 Å². The number of aromatic amines is 1. The lowest BCUT2D eigenvalue weighted by Crippen LogP contribution is -2.34. The number of nitrogens with two attached hydrogens (primary N) is 3. The van der Waals surface area contributed by atoms with Gasteiger partial charge in [-0.1, -0.05) is 34.8 Å². The van der Waals surface area contributed by atoms with Gasteiger partial charge in [-0.05, 0) is 96.6 Å². The number of rotatable bonds is 8. The van der Waals surface area contributed by atoms with Crippen LogP contribution in [0, 0.1) is 5.82 Å². The number of halogens is 4. The molecule has 0 aliphatic carbocycles. The Balaban J connectivity index is 0.000000271. The number of primary amides is 2. The van der Waals surface area contributed by atoms with Gasteiger partial charge >= 0.3 is 12.1 Å². The first-order valence-electron chi connectivity index (χ1n) is 15.9. The molecule has 6 aromatic rings. The van der Waals surface area contributed by atoms with E-state index in [-0.39, 0.29) is 11.4 Å². The number of aromatic nitrogens is 3. The summed E-state index contributed by atoms with van der Waals surface area (Å²) in [7, 11) is 0. The topological polar surface area (TPSA) is 260 Å². The lowest BCUT2D eigenvalue weighted by molar-refractivity contribution is 0.111. The number of hydrazone groups is 1. The molecule has 0 aliphatic heterocycles. The van der Waals surface area contributed by atoms with Gasteiger partial charge in [0.2, 0.25) is 17.3 Å². The fraction of sp³-hybridized carbons (Fsp3) is 0. The average Bonchev–Trinajstić information content (AvgIpc) is 3.23. The highest BCUT2D eigenvalue weighted by atomic mass is 35.5. The van der Waals surface area contributed by atoms with Crippen LogP contribution in [0.1, 0.15) is 26.3 Å². The largest absolute Gasteiger partial charge is 0.439 e. The average molecular weight is 853 g/mol. The molecule has 4 amide bonds. The molecule has 0 fully saturated rings. The summed E-state index contributed by atoms with van der Waals surface area (Å²) in [5, 5.41) is 5.30. The van der Waals surface area contributed by atoms with Crippen LogP contribution in [-0.4, -0.2) is 45.8 Å². The first-order chi connectivity index (χ1) is 27.8. The minimum atomic E-state index is -0.718. The highest BCUT2D eigenvalue weighted by Crippen LogP contribution is 2.21. The lowest BCUT2D eigenvalue weighted by Gasteiger charge is -2.04. The van der Waals surface area contributed by atoms with Crippen LogP contribution in [0.25, 0.3) is 0 Å². The van der Waals surface area contributed by atoms with Crippen molar-refractivity contribution in [2.45, 2.75) is 0 Å². The molecule has 0 saturated heterocycles. The molecular weight excluding hydrogens is 820 g/mol. The second kappa shape index (κ2) is 26.6. The third-order valence-electron chi connectivity index (χ3n) is 6.02. The van der Waals surface area contributed by atoms with Crippen LogP contribution in [-0.2, 0) is 0 Å². The molecule has 0 unspecified atom stereocenters. The third-order valence-corrected chi connectivity index (χ3v) is 6.71. The van der Waals surface area contributed by atoms with E-state index in [1.54, 1.807) is 84.3 Å². The number of nitrogens with one attached hydrogen (secondary N) is 3. The van der Waals surface area contributed by atoms with E-state index in [1.807, 2.05) is 0 Å². The van der Waals surface area contributed by atoms with Crippen LogP contribution in [0.15, 0.2) is 138 Å². The third kappa shape index (κ3) is 21.1. The minimum absolute atomic E-state index is 0.130. The standard InChI is InChI=1S/C13H11ClN4O2.C12H8ClNO2.C7H5FO.C5H4ClNO.CH5N3O/c14-10-3-6-12(16-8-10)20-11-4-1-9(2-5-11)7-17-18-13(15)19;13-10-3-6-12(14-7-10)16-11-4-1-9(8-15)2-5-11;8-7-3-1-6(5-9)2-4-7;6-4-1-2-5(8)7-3-4;2-1(5)4-3/h1-8H,(H3,15,18,19);1-8H;1-5H;1-3H,(H,7,8);3H2,(H3,2,4,5)/b17-7+;;;;. The molecule has 0 atom stereocenters. The summed E-state index contributed by atoms with van der Waals surface area (Å²) in [6, 6.07) is 27.4. The van der Waals surface area contributed by atoms with Gasteiger partial charge in [-0.3, -0.25) is 19.8 Å². The van der Waals surface area contributed by atoms with Gasteiger partial charge in [-0.25, -0.2) is 35.2 Å². The van der Waals surface area contributed by atoms with Crippen LogP contribution < -0.4 is 43.2 Å². The van der Waals surface area contributed by atoms with Crippen molar-refractivity contribution in [2.75, 3.05) is 0 Å². The van der Waals surface area contributed by atoms with Gasteiger partial charge in [0.1, 0.15) is 29.9 Å². The maximum absolute atomic E-state index is 12.1. The lowest BCUT2D eigenvalue weighted by atomic mass is 10.2. The Kier molecular flexibility index (Phi) is 21.5. The van der Waals surface area contributed by atoms with Crippen molar-refractivity contribution >= 4 is 65.7 Å². The van der Waals surface area contributed by atoms with E-state index in [2.05, 4.69) is 37.1 Å². The van der Waals surface area contributed by atoms with Gasteiger partial charge in [0.15, 0.2) is 0 Å². The highest BCUT2D eigenvalue weighted by molar-refractivity contribution is 6.31. The summed E-state index contributed by atoms with van der Waals surface area (Å²) in [5.41, 5.74) is 14.8. The number of ether oxygens (including phenoxy) is 2. The maximum atomic E-state index is 12.1. The number of hydrazine groups is 1. The normalized spacial score (nSPS) is 9.53. The van der Waals surface area contributed by atoms with Crippen molar-refractivity contribution in [1.82, 2.24) is 25.8 Å². The smallest absolute Gasteiger partial charge is 0.332 e. The fourth-order valence-electron chi connectivity index (χ4n) is 3.43. The number of pyridine rings is 3. The number of carbonyl (C=O) groups is 4. The summed E-state index contributed by atoms with van der Waals surface area (Å²) in [5.74, 6) is 6.29. The number of hydrogen-bond acceptors (Lipinski definition) is 11. The van der Waals surface area contributed by atoms with Gasteiger partial charge in [0, 0.05) is 47.9 Å². The number of hydrogen-bond donors (Lipinski definition) is 6. The Labute approximate surface area is 344 Å². The summed E-state index contributed by atoms with van der Waals surface area (Å²) >= 11 is 16.9. The zero-order chi connectivity index (χ0) is 42.7. The van der Waals surface area contributed by atoms with Gasteiger partial charge in [0.05, 0.1) is 21.3 Å². The number of urea groups is 2. The Morgan fingerprint density at radius 2 is 1.09 bits per heavy atom. The maximum Gasteiger partial charge on any atom is 0.332 e. The summed E-state index contributed by atoms with van der Waals surface area (Å²) in [6.45, 7) is 0. The molecule has 3 aromatic carbocycles. The predicted octanol–water partition coefficient (Wildman–Crippen LogP) is 7.06. The molecule has 0 bridgehead atoms. The number of aldehydes is 2. The monoisotopic (exact) mass is 851 g/mol. The quantitative estimate of drug-likeness (QED) is 0.0298. The van der Waals surface area contributed by atoms with Crippen molar-refractivity contribution in [1.29, 1.82) is 0 Å².